The van der Waals surface area contributed by atoms with Gasteiger partial charge in [-0.3, -0.25) is 4.79 Å². The molecule has 4 nitrogen and oxygen atoms in total. The number of hydrogen-bond donors (Lipinski definition) is 1. The molecule has 0 radical (unpaired) electrons. The first-order valence-electron chi connectivity index (χ1n) is 11.7. The highest BCUT2D eigenvalue weighted by atomic mass is 35.5. The van der Waals surface area contributed by atoms with Crippen LogP contribution in [0.25, 0.3) is 0 Å². The standard InChI is InChI=1S/C25H33ClN2O2/c1-17-4-3-9-25(2)15-23-20(14-22(17)25)21(24(29)30-23)16-27-10-12-28(13-11-27)19-7-5-18(26)6-8-19/h5-8,14,17,20-21,23H,3-4,9-13,15-16H2,1-2H3/p+1/t17-,20-,21+,23-,25-/m1/s1. The largest absolute Gasteiger partial charge is 0.461 e. The highest BCUT2D eigenvalue weighted by Gasteiger charge is 2.52. The maximum absolute atomic E-state index is 12.8. The van der Waals surface area contributed by atoms with E-state index in [1.807, 2.05) is 12.1 Å². The predicted octanol–water partition coefficient (Wildman–Crippen LogP) is 3.36. The molecule has 0 unspecified atom stereocenters. The quantitative estimate of drug-likeness (QED) is 0.591. The second kappa shape index (κ2) is 7.87. The minimum Gasteiger partial charge on any atom is -0.461 e. The summed E-state index contributed by atoms with van der Waals surface area (Å²) >= 11 is 6.03. The number of rotatable bonds is 3. The molecule has 1 saturated carbocycles. The molecule has 2 aliphatic heterocycles. The Balaban J connectivity index is 1.25. The van der Waals surface area contributed by atoms with E-state index in [9.17, 15) is 4.79 Å². The van der Waals surface area contributed by atoms with E-state index in [0.717, 1.165) is 44.2 Å². The number of esters is 1. The third-order valence-electron chi connectivity index (χ3n) is 8.25. The molecular weight excluding hydrogens is 396 g/mol. The van der Waals surface area contributed by atoms with Gasteiger partial charge in [-0.05, 0) is 54.9 Å². The first kappa shape index (κ1) is 20.4. The number of carbonyl (C=O) groups is 1. The minimum atomic E-state index is 0.0262. The number of hydrogen-bond acceptors (Lipinski definition) is 3. The zero-order chi connectivity index (χ0) is 20.9. The Hall–Kier alpha value is -1.52. The van der Waals surface area contributed by atoms with Gasteiger partial charge in [0.1, 0.15) is 12.0 Å². The molecule has 4 aliphatic rings. The van der Waals surface area contributed by atoms with Gasteiger partial charge in [-0.2, -0.15) is 0 Å². The van der Waals surface area contributed by atoms with Crippen LogP contribution in [0, 0.1) is 23.2 Å². The molecule has 0 bridgehead atoms. The smallest absolute Gasteiger partial charge is 0.315 e. The summed E-state index contributed by atoms with van der Waals surface area (Å²) in [6, 6.07) is 8.12. The fourth-order valence-electron chi connectivity index (χ4n) is 6.53. The number of fused-ring (bicyclic) bond motifs is 2. The van der Waals surface area contributed by atoms with Gasteiger partial charge in [0.05, 0.1) is 32.7 Å². The molecule has 5 heteroatoms. The number of allylic oxidation sites excluding steroid dienone is 1. The summed E-state index contributed by atoms with van der Waals surface area (Å²) in [6.07, 6.45) is 7.43. The van der Waals surface area contributed by atoms with Crippen molar-refractivity contribution < 1.29 is 14.4 Å². The zero-order valence-corrected chi connectivity index (χ0v) is 19.0. The molecule has 1 aromatic rings. The Morgan fingerprint density at radius 2 is 1.97 bits per heavy atom. The summed E-state index contributed by atoms with van der Waals surface area (Å²) in [5.41, 5.74) is 3.09. The summed E-state index contributed by atoms with van der Waals surface area (Å²) in [5.74, 6) is 1.00. The lowest BCUT2D eigenvalue weighted by Gasteiger charge is -2.46. The van der Waals surface area contributed by atoms with Crippen molar-refractivity contribution in [3.63, 3.8) is 0 Å². The van der Waals surface area contributed by atoms with Crippen LogP contribution in [0.4, 0.5) is 5.69 Å². The minimum absolute atomic E-state index is 0.0262. The molecule has 0 spiro atoms. The van der Waals surface area contributed by atoms with Crippen molar-refractivity contribution in [2.75, 3.05) is 37.6 Å². The average molecular weight is 430 g/mol. The monoisotopic (exact) mass is 429 g/mol. The van der Waals surface area contributed by atoms with E-state index < -0.39 is 0 Å². The molecule has 1 N–H and O–H groups in total. The maximum Gasteiger partial charge on any atom is 0.315 e. The summed E-state index contributed by atoms with van der Waals surface area (Å²) in [5, 5.41) is 0.780. The van der Waals surface area contributed by atoms with Gasteiger partial charge in [-0.15, -0.1) is 0 Å². The Bertz CT molecular complexity index is 830. The van der Waals surface area contributed by atoms with E-state index in [1.54, 1.807) is 5.57 Å². The normalized spacial score (nSPS) is 36.7. The number of nitrogens with one attached hydrogen (secondary N) is 1. The van der Waals surface area contributed by atoms with E-state index in [4.69, 9.17) is 16.3 Å². The van der Waals surface area contributed by atoms with Gasteiger partial charge in [0.2, 0.25) is 0 Å². The first-order chi connectivity index (χ1) is 14.4. The number of anilines is 1. The highest BCUT2D eigenvalue weighted by molar-refractivity contribution is 6.30. The van der Waals surface area contributed by atoms with Gasteiger partial charge in [0.25, 0.3) is 0 Å². The summed E-state index contributed by atoms with van der Waals surface area (Å²) in [4.78, 5) is 16.8. The number of piperazine rings is 1. The van der Waals surface area contributed by atoms with E-state index in [0.29, 0.717) is 5.92 Å². The molecule has 0 amide bonds. The second-order valence-electron chi connectivity index (χ2n) is 10.3. The molecule has 2 aliphatic carbocycles. The van der Waals surface area contributed by atoms with Crippen LogP contribution in [0.15, 0.2) is 35.9 Å². The van der Waals surface area contributed by atoms with Gasteiger partial charge in [-0.1, -0.05) is 43.5 Å². The van der Waals surface area contributed by atoms with E-state index in [2.05, 4.69) is 37.0 Å². The number of carbonyl (C=O) groups excluding carboxylic acids is 1. The summed E-state index contributed by atoms with van der Waals surface area (Å²) in [7, 11) is 0. The summed E-state index contributed by atoms with van der Waals surface area (Å²) in [6.45, 7) is 9.84. The van der Waals surface area contributed by atoms with Crippen LogP contribution in [-0.2, 0) is 9.53 Å². The van der Waals surface area contributed by atoms with Crippen LogP contribution < -0.4 is 9.80 Å². The van der Waals surface area contributed by atoms with Crippen LogP contribution in [0.2, 0.25) is 5.02 Å². The zero-order valence-electron chi connectivity index (χ0n) is 18.2. The van der Waals surface area contributed by atoms with Crippen molar-refractivity contribution >= 4 is 23.3 Å². The van der Waals surface area contributed by atoms with Crippen LogP contribution >= 0.6 is 11.6 Å². The molecule has 2 heterocycles. The van der Waals surface area contributed by atoms with Crippen molar-refractivity contribution in [3.8, 4) is 0 Å². The van der Waals surface area contributed by atoms with Crippen LogP contribution in [0.5, 0.6) is 0 Å². The van der Waals surface area contributed by atoms with Crippen molar-refractivity contribution in [1.29, 1.82) is 0 Å². The maximum atomic E-state index is 12.8. The number of halogens is 1. The van der Waals surface area contributed by atoms with Crippen LogP contribution in [0.1, 0.15) is 39.5 Å². The fourth-order valence-corrected chi connectivity index (χ4v) is 6.66. The van der Waals surface area contributed by atoms with E-state index in [1.165, 1.54) is 29.8 Å². The Kier molecular flexibility index (Phi) is 5.35. The van der Waals surface area contributed by atoms with Gasteiger partial charge in [0, 0.05) is 16.6 Å². The summed E-state index contributed by atoms with van der Waals surface area (Å²) < 4.78 is 5.95. The van der Waals surface area contributed by atoms with Crippen molar-refractivity contribution in [3.05, 3.63) is 40.9 Å². The number of ether oxygens (including phenoxy) is 1. The number of quaternary nitrogens is 1. The lowest BCUT2D eigenvalue weighted by atomic mass is 9.59. The van der Waals surface area contributed by atoms with Crippen molar-refractivity contribution in [2.45, 2.75) is 45.6 Å². The average Bonchev–Trinajstić information content (AvgIpc) is 3.01. The first-order valence-corrected chi connectivity index (χ1v) is 12.1. The molecule has 3 fully saturated rings. The topological polar surface area (TPSA) is 34.0 Å². The second-order valence-corrected chi connectivity index (χ2v) is 10.7. The molecule has 1 aromatic carbocycles. The van der Waals surface area contributed by atoms with Crippen molar-refractivity contribution in [1.82, 2.24) is 0 Å². The Morgan fingerprint density at radius 3 is 2.70 bits per heavy atom. The van der Waals surface area contributed by atoms with Crippen LogP contribution in [0.3, 0.4) is 0 Å². The predicted molar refractivity (Wildman–Crippen MR) is 120 cm³/mol. The van der Waals surface area contributed by atoms with Crippen molar-refractivity contribution in [2.24, 2.45) is 23.2 Å². The molecule has 5 atom stereocenters. The van der Waals surface area contributed by atoms with Gasteiger partial charge in [0.15, 0.2) is 0 Å². The van der Waals surface area contributed by atoms with E-state index in [-0.39, 0.29) is 29.3 Å². The molecule has 0 aromatic heterocycles. The molecular formula is C25H34ClN2O2+. The number of nitrogens with zero attached hydrogens (tertiary/aromatic N) is 1. The third-order valence-corrected chi connectivity index (χ3v) is 8.50. The van der Waals surface area contributed by atoms with E-state index >= 15 is 0 Å². The Labute approximate surface area is 185 Å². The van der Waals surface area contributed by atoms with Gasteiger partial charge < -0.3 is 14.5 Å². The fraction of sp³-hybridized carbons (Fsp3) is 0.640. The third kappa shape index (κ3) is 3.67. The molecule has 30 heavy (non-hydrogen) atoms. The SMILES string of the molecule is C[C@@H]1CCC[C@]2(C)C[C@H]3OC(=O)[C@@H](C[NH+]4CCN(c5ccc(Cl)cc5)CC4)[C@H]3C=C12. The molecule has 2 saturated heterocycles. The van der Waals surface area contributed by atoms with Gasteiger partial charge in [-0.25, -0.2) is 0 Å². The molecule has 5 rings (SSSR count). The Morgan fingerprint density at radius 1 is 1.23 bits per heavy atom. The van der Waals surface area contributed by atoms with Crippen LogP contribution in [-0.4, -0.2) is 44.8 Å². The molecule has 162 valence electrons. The lowest BCUT2D eigenvalue weighted by molar-refractivity contribution is -0.903. The van der Waals surface area contributed by atoms with Gasteiger partial charge >= 0.3 is 5.97 Å². The lowest BCUT2D eigenvalue weighted by Crippen LogP contribution is -3.15. The number of benzene rings is 1. The highest BCUT2D eigenvalue weighted by Crippen LogP contribution is 2.53.